The minimum Gasteiger partial charge on any atom is -0.479 e. The van der Waals surface area contributed by atoms with Crippen LogP contribution >= 0.6 is 15.9 Å². The van der Waals surface area contributed by atoms with E-state index in [0.717, 1.165) is 10.2 Å². The van der Waals surface area contributed by atoms with Crippen LogP contribution in [0.2, 0.25) is 0 Å². The van der Waals surface area contributed by atoms with Gasteiger partial charge in [0.2, 0.25) is 10.0 Å². The van der Waals surface area contributed by atoms with E-state index in [1.807, 2.05) is 13.0 Å². The summed E-state index contributed by atoms with van der Waals surface area (Å²) in [6, 6.07) is 10.0. The van der Waals surface area contributed by atoms with Gasteiger partial charge in [-0.3, -0.25) is 4.98 Å². The quantitative estimate of drug-likeness (QED) is 0.791. The fourth-order valence-corrected chi connectivity index (χ4v) is 2.79. The van der Waals surface area contributed by atoms with Gasteiger partial charge in [0.15, 0.2) is 0 Å². The third-order valence-electron chi connectivity index (χ3n) is 2.79. The highest BCUT2D eigenvalue weighted by molar-refractivity contribution is 9.10. The first kappa shape index (κ1) is 17.5. The van der Waals surface area contributed by atoms with Crippen LogP contribution in [0, 0.1) is 18.8 Å². The molecule has 0 unspecified atom stereocenters. The molecule has 0 saturated carbocycles. The number of rotatable bonds is 5. The van der Waals surface area contributed by atoms with E-state index in [1.165, 1.54) is 12.1 Å². The van der Waals surface area contributed by atoms with Crippen molar-refractivity contribution in [2.45, 2.75) is 11.8 Å². The van der Waals surface area contributed by atoms with Crippen LogP contribution in [0.15, 0.2) is 52.0 Å². The zero-order chi connectivity index (χ0) is 16.7. The summed E-state index contributed by atoms with van der Waals surface area (Å²) in [5.41, 5.74) is 0.908. The van der Waals surface area contributed by atoms with E-state index in [1.54, 1.807) is 24.4 Å². The lowest BCUT2D eigenvalue weighted by Gasteiger charge is -2.03. The zero-order valence-electron chi connectivity index (χ0n) is 12.4. The number of sulfonamides is 1. The molecule has 0 bridgehead atoms. The van der Waals surface area contributed by atoms with Crippen LogP contribution in [0.3, 0.4) is 0 Å². The molecule has 0 amide bonds. The van der Waals surface area contributed by atoms with Crippen LogP contribution in [0.1, 0.15) is 5.69 Å². The normalized spacial score (nSPS) is 10.7. The van der Waals surface area contributed by atoms with E-state index in [-0.39, 0.29) is 18.0 Å². The van der Waals surface area contributed by atoms with Gasteiger partial charge >= 0.3 is 0 Å². The number of halogens is 1. The lowest BCUT2D eigenvalue weighted by atomic mass is 10.4. The number of hydrogen-bond acceptors (Lipinski definition) is 4. The van der Waals surface area contributed by atoms with Crippen LogP contribution in [0.5, 0.6) is 5.75 Å². The highest BCUT2D eigenvalue weighted by Crippen LogP contribution is 2.14. The van der Waals surface area contributed by atoms with E-state index in [0.29, 0.717) is 5.75 Å². The number of nitrogens with zero attached hydrogens (tertiary/aromatic N) is 1. The maximum atomic E-state index is 12.0. The fraction of sp³-hybridized carbons (Fsp3) is 0.188. The molecule has 0 radical (unpaired) electrons. The number of nitrogens with one attached hydrogen (secondary N) is 1. The average molecular weight is 395 g/mol. The summed E-state index contributed by atoms with van der Waals surface area (Å²) in [5.74, 6) is 6.08. The van der Waals surface area contributed by atoms with E-state index < -0.39 is 10.0 Å². The third-order valence-corrected chi connectivity index (χ3v) is 4.74. The summed E-state index contributed by atoms with van der Waals surface area (Å²) < 4.78 is 32.6. The van der Waals surface area contributed by atoms with Gasteiger partial charge in [0, 0.05) is 10.2 Å². The summed E-state index contributed by atoms with van der Waals surface area (Å²) >= 11 is 3.26. The summed E-state index contributed by atoms with van der Waals surface area (Å²) in [7, 11) is -3.55. The second kappa shape index (κ2) is 8.11. The molecule has 0 atom stereocenters. The molecule has 1 heterocycles. The van der Waals surface area contributed by atoms with E-state index in [4.69, 9.17) is 4.74 Å². The summed E-state index contributed by atoms with van der Waals surface area (Å²) in [6.07, 6.45) is 1.62. The molecule has 23 heavy (non-hydrogen) atoms. The Bertz CT molecular complexity index is 807. The highest BCUT2D eigenvalue weighted by Gasteiger charge is 2.11. The first-order chi connectivity index (χ1) is 11.0. The lowest BCUT2D eigenvalue weighted by Crippen LogP contribution is -2.24. The van der Waals surface area contributed by atoms with Gasteiger partial charge in [0.05, 0.1) is 17.6 Å². The van der Waals surface area contributed by atoms with Crippen molar-refractivity contribution in [3.63, 3.8) is 0 Å². The van der Waals surface area contributed by atoms with Crippen LogP contribution in [0.25, 0.3) is 0 Å². The van der Waals surface area contributed by atoms with Crippen molar-refractivity contribution in [1.29, 1.82) is 0 Å². The van der Waals surface area contributed by atoms with Gasteiger partial charge < -0.3 is 4.74 Å². The van der Waals surface area contributed by atoms with Crippen molar-refractivity contribution in [2.75, 3.05) is 13.2 Å². The number of hydrogen-bond donors (Lipinski definition) is 1. The Labute approximate surface area is 144 Å². The van der Waals surface area contributed by atoms with Crippen molar-refractivity contribution in [1.82, 2.24) is 9.71 Å². The van der Waals surface area contributed by atoms with E-state index in [9.17, 15) is 8.42 Å². The maximum absolute atomic E-state index is 12.0. The van der Waals surface area contributed by atoms with Gasteiger partial charge in [-0.25, -0.2) is 8.42 Å². The van der Waals surface area contributed by atoms with Crippen LogP contribution in [-0.2, 0) is 10.0 Å². The van der Waals surface area contributed by atoms with E-state index in [2.05, 4.69) is 37.5 Å². The van der Waals surface area contributed by atoms with Crippen LogP contribution < -0.4 is 9.46 Å². The third kappa shape index (κ3) is 5.67. The van der Waals surface area contributed by atoms with Crippen molar-refractivity contribution < 1.29 is 13.2 Å². The molecular formula is C16H15BrN2O3S. The Hall–Kier alpha value is -1.88. The minimum atomic E-state index is -3.55. The van der Waals surface area contributed by atoms with Crippen molar-refractivity contribution in [3.8, 4) is 17.6 Å². The maximum Gasteiger partial charge on any atom is 0.241 e. The SMILES string of the molecule is Cc1ccc(OCC#CCNS(=O)(=O)c2ccc(Br)cc2)cn1. The molecule has 1 N–H and O–H groups in total. The van der Waals surface area contributed by atoms with Crippen LogP contribution in [0.4, 0.5) is 0 Å². The lowest BCUT2D eigenvalue weighted by molar-refractivity contribution is 0.368. The number of ether oxygens (including phenoxy) is 1. The molecule has 7 heteroatoms. The molecule has 2 rings (SSSR count). The number of benzene rings is 1. The molecule has 2 aromatic rings. The summed E-state index contributed by atoms with van der Waals surface area (Å²) in [4.78, 5) is 4.30. The standard InChI is InChI=1S/C16H15BrN2O3S/c1-13-4-7-15(12-18-13)22-11-3-2-10-19-23(20,21)16-8-5-14(17)6-9-16/h4-9,12,19H,10-11H2,1H3. The molecule has 0 fully saturated rings. The minimum absolute atomic E-state index is 0.0217. The topological polar surface area (TPSA) is 68.3 Å². The zero-order valence-corrected chi connectivity index (χ0v) is 14.8. The van der Waals surface area contributed by atoms with Gasteiger partial charge in [-0.15, -0.1) is 0 Å². The molecular weight excluding hydrogens is 380 g/mol. The predicted octanol–water partition coefficient (Wildman–Crippen LogP) is 2.51. The summed E-state index contributed by atoms with van der Waals surface area (Å²) in [5, 5.41) is 0. The molecule has 0 spiro atoms. The monoisotopic (exact) mass is 394 g/mol. The highest BCUT2D eigenvalue weighted by atomic mass is 79.9. The van der Waals surface area contributed by atoms with E-state index >= 15 is 0 Å². The van der Waals surface area contributed by atoms with Crippen molar-refractivity contribution in [3.05, 3.63) is 52.8 Å². The molecule has 120 valence electrons. The molecule has 0 aliphatic heterocycles. The van der Waals surface area contributed by atoms with Crippen molar-refractivity contribution >= 4 is 26.0 Å². The second-order valence-corrected chi connectivity index (χ2v) is 7.24. The number of aryl methyl sites for hydroxylation is 1. The Kier molecular flexibility index (Phi) is 6.16. The van der Waals surface area contributed by atoms with Gasteiger partial charge in [-0.1, -0.05) is 27.8 Å². The molecule has 1 aromatic carbocycles. The second-order valence-electron chi connectivity index (χ2n) is 4.56. The Morgan fingerprint density at radius 1 is 1.17 bits per heavy atom. The summed E-state index contributed by atoms with van der Waals surface area (Å²) in [6.45, 7) is 2.08. The van der Waals surface area contributed by atoms with Gasteiger partial charge in [0.25, 0.3) is 0 Å². The predicted molar refractivity (Wildman–Crippen MR) is 91.6 cm³/mol. The first-order valence-electron chi connectivity index (χ1n) is 6.74. The Morgan fingerprint density at radius 3 is 2.57 bits per heavy atom. The largest absolute Gasteiger partial charge is 0.479 e. The molecule has 0 aliphatic rings. The van der Waals surface area contributed by atoms with Crippen LogP contribution in [-0.4, -0.2) is 26.6 Å². The first-order valence-corrected chi connectivity index (χ1v) is 9.01. The molecule has 0 aliphatic carbocycles. The van der Waals surface area contributed by atoms with Gasteiger partial charge in [-0.05, 0) is 43.3 Å². The Morgan fingerprint density at radius 2 is 1.91 bits per heavy atom. The number of pyridine rings is 1. The Balaban J connectivity index is 1.80. The number of aromatic nitrogens is 1. The smallest absolute Gasteiger partial charge is 0.241 e. The average Bonchev–Trinajstić information content (AvgIpc) is 2.53. The van der Waals surface area contributed by atoms with Crippen molar-refractivity contribution in [2.24, 2.45) is 0 Å². The molecule has 0 saturated heterocycles. The molecule has 5 nitrogen and oxygen atoms in total. The fourth-order valence-electron chi connectivity index (χ4n) is 1.60. The van der Waals surface area contributed by atoms with Gasteiger partial charge in [0.1, 0.15) is 12.4 Å². The molecule has 1 aromatic heterocycles. The van der Waals surface area contributed by atoms with Gasteiger partial charge in [-0.2, -0.15) is 4.72 Å².